The van der Waals surface area contributed by atoms with Crippen molar-refractivity contribution >= 4 is 17.7 Å². The summed E-state index contributed by atoms with van der Waals surface area (Å²) in [6.07, 6.45) is -0.457. The van der Waals surface area contributed by atoms with Gasteiger partial charge in [0.2, 0.25) is 11.6 Å². The van der Waals surface area contributed by atoms with E-state index in [9.17, 15) is 29.7 Å². The highest BCUT2D eigenvalue weighted by Gasteiger charge is 2.51. The van der Waals surface area contributed by atoms with Crippen LogP contribution in [-0.4, -0.2) is 74.9 Å². The van der Waals surface area contributed by atoms with Crippen molar-refractivity contribution in [1.82, 2.24) is 15.1 Å². The van der Waals surface area contributed by atoms with Crippen molar-refractivity contribution in [1.29, 1.82) is 0 Å². The monoisotopic (exact) mass is 515 g/mol. The molecule has 12 heteroatoms. The third-order valence-electron chi connectivity index (χ3n) is 6.87. The molecular weight excluding hydrogens is 489 g/mol. The normalized spacial score (nSPS) is 22.7. The zero-order valence-electron chi connectivity index (χ0n) is 19.8. The van der Waals surface area contributed by atoms with Crippen molar-refractivity contribution < 1.29 is 43.6 Å². The summed E-state index contributed by atoms with van der Waals surface area (Å²) >= 11 is 0. The van der Waals surface area contributed by atoms with Crippen LogP contribution in [-0.2, 0) is 33.4 Å². The number of fused-ring (bicyclic) bond motifs is 1. The van der Waals surface area contributed by atoms with Crippen LogP contribution >= 0.6 is 0 Å². The maximum atomic E-state index is 15.4. The number of benzene rings is 2. The van der Waals surface area contributed by atoms with Crippen LogP contribution in [0, 0.1) is 5.82 Å². The number of carbonyl (C=O) groups excluding carboxylic acids is 3. The third-order valence-corrected chi connectivity index (χ3v) is 6.87. The molecule has 0 aliphatic carbocycles. The lowest BCUT2D eigenvalue weighted by molar-refractivity contribution is -0.305. The van der Waals surface area contributed by atoms with Gasteiger partial charge in [-0.05, 0) is 18.2 Å². The van der Waals surface area contributed by atoms with Gasteiger partial charge >= 0.3 is 5.97 Å². The summed E-state index contributed by atoms with van der Waals surface area (Å²) in [6.45, 7) is 2.21. The number of morpholine rings is 1. The summed E-state index contributed by atoms with van der Waals surface area (Å²) in [7, 11) is 0. The Morgan fingerprint density at radius 1 is 1.11 bits per heavy atom. The second-order valence-electron chi connectivity index (χ2n) is 9.24. The minimum Gasteiger partial charge on any atom is -0.435 e. The highest BCUT2D eigenvalue weighted by molar-refractivity contribution is 6.06. The summed E-state index contributed by atoms with van der Waals surface area (Å²) in [5.74, 6) is -6.37. The molecule has 3 aliphatic rings. The molecule has 37 heavy (non-hydrogen) atoms. The van der Waals surface area contributed by atoms with Gasteiger partial charge in [0.1, 0.15) is 11.6 Å². The van der Waals surface area contributed by atoms with E-state index in [1.54, 1.807) is 6.07 Å². The summed E-state index contributed by atoms with van der Waals surface area (Å²) in [5.41, 5.74) is -2.30. The molecule has 1 unspecified atom stereocenters. The standard InChI is InChI=1S/C25H26FN3O8/c26-21-15(13-28-9-11-36-12-10-28)3-1-5-18(21)25(34,35)37-19-6-2-4-16-17(19)14-29(22(16)31)24(33)8-7-20(30)27-23(24)32/h1-6,33-35H,7-14H2,(H,27,30,32). The van der Waals surface area contributed by atoms with Crippen LogP contribution in [0.5, 0.6) is 5.75 Å². The predicted molar refractivity (Wildman–Crippen MR) is 123 cm³/mol. The minimum absolute atomic E-state index is 0.0629. The molecule has 0 spiro atoms. The van der Waals surface area contributed by atoms with Gasteiger partial charge in [0.15, 0.2) is 0 Å². The molecule has 0 aromatic heterocycles. The first-order chi connectivity index (χ1) is 17.6. The van der Waals surface area contributed by atoms with Crippen LogP contribution in [0.3, 0.4) is 0 Å². The number of imide groups is 1. The van der Waals surface area contributed by atoms with E-state index in [0.717, 1.165) is 4.90 Å². The van der Waals surface area contributed by atoms with Crippen molar-refractivity contribution in [3.8, 4) is 5.75 Å². The van der Waals surface area contributed by atoms with Gasteiger partial charge in [-0.1, -0.05) is 18.2 Å². The van der Waals surface area contributed by atoms with Crippen LogP contribution in [0.4, 0.5) is 4.39 Å². The molecule has 2 saturated heterocycles. The van der Waals surface area contributed by atoms with Gasteiger partial charge in [0.25, 0.3) is 11.8 Å². The summed E-state index contributed by atoms with van der Waals surface area (Å²) in [6, 6.07) is 8.43. The van der Waals surface area contributed by atoms with Gasteiger partial charge in [-0.15, -0.1) is 0 Å². The van der Waals surface area contributed by atoms with E-state index in [4.69, 9.17) is 9.47 Å². The Morgan fingerprint density at radius 2 is 1.84 bits per heavy atom. The summed E-state index contributed by atoms with van der Waals surface area (Å²) in [4.78, 5) is 39.8. The summed E-state index contributed by atoms with van der Waals surface area (Å²) < 4.78 is 26.1. The largest absolute Gasteiger partial charge is 0.435 e. The number of hydrogen-bond acceptors (Lipinski definition) is 9. The lowest BCUT2D eigenvalue weighted by Crippen LogP contribution is -2.63. The molecule has 0 bridgehead atoms. The SMILES string of the molecule is O=C1CCC(O)(N2Cc3c(OC(O)(O)c4cccc(CN5CCOCC5)c4F)cccc3C2=O)C(=O)N1. The first-order valence-electron chi connectivity index (χ1n) is 11.8. The number of hydrogen-bond donors (Lipinski definition) is 4. The van der Waals surface area contributed by atoms with Gasteiger partial charge in [-0.2, -0.15) is 0 Å². The molecule has 11 nitrogen and oxygen atoms in total. The minimum atomic E-state index is -3.10. The van der Waals surface area contributed by atoms with E-state index in [1.165, 1.54) is 30.3 Å². The average molecular weight is 515 g/mol. The molecule has 0 saturated carbocycles. The number of rotatable bonds is 6. The zero-order chi connectivity index (χ0) is 26.4. The van der Waals surface area contributed by atoms with Crippen LogP contribution in [0.2, 0.25) is 0 Å². The molecule has 4 N–H and O–H groups in total. The van der Waals surface area contributed by atoms with Gasteiger partial charge < -0.3 is 24.8 Å². The lowest BCUT2D eigenvalue weighted by atomic mass is 10.00. The molecule has 1 atom stereocenters. The van der Waals surface area contributed by atoms with Crippen molar-refractivity contribution in [3.63, 3.8) is 0 Å². The van der Waals surface area contributed by atoms with E-state index in [2.05, 4.69) is 0 Å². The Hall–Kier alpha value is -3.42. The first kappa shape index (κ1) is 25.2. The fourth-order valence-electron chi connectivity index (χ4n) is 4.81. The maximum Gasteiger partial charge on any atom is 0.354 e. The molecule has 196 valence electrons. The van der Waals surface area contributed by atoms with Crippen molar-refractivity contribution in [2.75, 3.05) is 26.3 Å². The van der Waals surface area contributed by atoms with Crippen LogP contribution in [0.25, 0.3) is 0 Å². The number of piperidine rings is 1. The summed E-state index contributed by atoms with van der Waals surface area (Å²) in [5, 5.41) is 34.6. The van der Waals surface area contributed by atoms with Gasteiger partial charge in [-0.3, -0.25) is 29.5 Å². The van der Waals surface area contributed by atoms with E-state index in [0.29, 0.717) is 26.3 Å². The number of amides is 3. The molecule has 5 rings (SSSR count). The maximum absolute atomic E-state index is 15.4. The van der Waals surface area contributed by atoms with Gasteiger partial charge in [0.05, 0.1) is 25.3 Å². The highest BCUT2D eigenvalue weighted by Crippen LogP contribution is 2.39. The Morgan fingerprint density at radius 3 is 2.57 bits per heavy atom. The molecule has 3 heterocycles. The third kappa shape index (κ3) is 4.58. The fraction of sp³-hybridized carbons (Fsp3) is 0.400. The van der Waals surface area contributed by atoms with Gasteiger partial charge in [-0.25, -0.2) is 4.39 Å². The molecule has 3 amide bonds. The quantitative estimate of drug-likeness (QED) is 0.306. The average Bonchev–Trinajstić information content (AvgIpc) is 3.21. The molecular formula is C25H26FN3O8. The number of halogens is 1. The molecule has 2 aromatic carbocycles. The zero-order valence-corrected chi connectivity index (χ0v) is 19.8. The number of nitrogens with zero attached hydrogens (tertiary/aromatic N) is 2. The Bertz CT molecular complexity index is 1260. The topological polar surface area (TPSA) is 149 Å². The van der Waals surface area contributed by atoms with Crippen molar-refractivity contribution in [2.45, 2.75) is 37.6 Å². The van der Waals surface area contributed by atoms with Crippen LogP contribution in [0.15, 0.2) is 36.4 Å². The molecule has 3 aliphatic heterocycles. The number of nitrogens with one attached hydrogen (secondary N) is 1. The molecule has 2 fully saturated rings. The van der Waals surface area contributed by atoms with E-state index >= 15 is 4.39 Å². The molecule has 2 aromatic rings. The van der Waals surface area contributed by atoms with E-state index in [-0.39, 0.29) is 48.4 Å². The molecule has 0 radical (unpaired) electrons. The number of ether oxygens (including phenoxy) is 2. The van der Waals surface area contributed by atoms with Crippen LogP contribution < -0.4 is 10.1 Å². The first-order valence-corrected chi connectivity index (χ1v) is 11.8. The number of carbonyl (C=O) groups is 3. The number of aliphatic hydroxyl groups is 3. The van der Waals surface area contributed by atoms with Crippen LogP contribution in [0.1, 0.15) is 39.9 Å². The van der Waals surface area contributed by atoms with E-state index < -0.39 is 40.8 Å². The second-order valence-corrected chi connectivity index (χ2v) is 9.24. The smallest absolute Gasteiger partial charge is 0.354 e. The van der Waals surface area contributed by atoms with E-state index in [1.807, 2.05) is 10.2 Å². The lowest BCUT2D eigenvalue weighted by Gasteiger charge is -2.37. The Kier molecular flexibility index (Phi) is 6.46. The van der Waals surface area contributed by atoms with Crippen molar-refractivity contribution in [3.05, 3.63) is 64.5 Å². The predicted octanol–water partition coefficient (Wildman–Crippen LogP) is -0.0872. The second kappa shape index (κ2) is 9.47. The van der Waals surface area contributed by atoms with Gasteiger partial charge in [0, 0.05) is 49.2 Å². The fourth-order valence-corrected chi connectivity index (χ4v) is 4.81. The highest BCUT2D eigenvalue weighted by atomic mass is 19.1. The Labute approximate surface area is 211 Å². The Balaban J connectivity index is 1.40. The van der Waals surface area contributed by atoms with Crippen molar-refractivity contribution in [2.24, 2.45) is 0 Å².